The molecule has 3 aromatic rings. The van der Waals surface area contributed by atoms with Crippen LogP contribution in [0.1, 0.15) is 11.1 Å². The van der Waals surface area contributed by atoms with E-state index in [2.05, 4.69) is 5.32 Å². The maximum Gasteiger partial charge on any atom is 0.282 e. The fourth-order valence-electron chi connectivity index (χ4n) is 3.54. The Kier molecular flexibility index (Phi) is 5.43. The van der Waals surface area contributed by atoms with Crippen LogP contribution in [0.4, 0.5) is 17.1 Å². The van der Waals surface area contributed by atoms with Gasteiger partial charge in [0.05, 0.1) is 23.3 Å². The van der Waals surface area contributed by atoms with E-state index in [0.29, 0.717) is 22.7 Å². The number of non-ortho nitro benzene ring substituents is 1. The number of nitro groups is 1. The average molecular weight is 429 g/mol. The van der Waals surface area contributed by atoms with Gasteiger partial charge < -0.3 is 10.1 Å². The Labute approximate surface area is 183 Å². The van der Waals surface area contributed by atoms with Crippen LogP contribution in [0.3, 0.4) is 0 Å². The van der Waals surface area contributed by atoms with Crippen molar-refractivity contribution in [3.63, 3.8) is 0 Å². The van der Waals surface area contributed by atoms with Crippen molar-refractivity contribution >= 4 is 34.4 Å². The molecule has 8 heteroatoms. The van der Waals surface area contributed by atoms with Gasteiger partial charge in [-0.1, -0.05) is 30.3 Å². The maximum absolute atomic E-state index is 13.5. The molecule has 3 aromatic carbocycles. The fraction of sp³-hybridized carbons (Fsp3) is 0.0833. The molecule has 0 unspecified atom stereocenters. The van der Waals surface area contributed by atoms with Crippen LogP contribution < -0.4 is 15.0 Å². The standard InChI is InChI=1S/C24H19N3O5/c1-15-7-3-4-8-18(15)25-22-21(16-11-13-17(14-12-16)27(30)31)23(28)26(24(22)29)19-9-5-6-10-20(19)32-2/h3-14,25H,1-2H3. The number of benzene rings is 3. The van der Waals surface area contributed by atoms with Gasteiger partial charge in [0, 0.05) is 17.8 Å². The molecule has 1 aliphatic rings. The van der Waals surface area contributed by atoms with E-state index < -0.39 is 16.7 Å². The SMILES string of the molecule is COc1ccccc1N1C(=O)C(Nc2ccccc2C)=C(c2ccc([N+](=O)[O-])cc2)C1=O. The van der Waals surface area contributed by atoms with Crippen LogP contribution in [0.15, 0.2) is 78.5 Å². The summed E-state index contributed by atoms with van der Waals surface area (Å²) < 4.78 is 5.35. The van der Waals surface area contributed by atoms with Crippen LogP contribution >= 0.6 is 0 Å². The minimum absolute atomic E-state index is 0.0871. The van der Waals surface area contributed by atoms with Crippen molar-refractivity contribution in [2.45, 2.75) is 6.92 Å². The first kappa shape index (κ1) is 20.8. The molecule has 0 aromatic heterocycles. The zero-order valence-electron chi connectivity index (χ0n) is 17.4. The number of methoxy groups -OCH3 is 1. The van der Waals surface area contributed by atoms with Gasteiger partial charge in [0.1, 0.15) is 11.4 Å². The number of carbonyl (C=O) groups is 2. The molecular formula is C24H19N3O5. The van der Waals surface area contributed by atoms with Crippen LogP contribution in [-0.2, 0) is 9.59 Å². The number of ether oxygens (including phenoxy) is 1. The third-order valence-electron chi connectivity index (χ3n) is 5.18. The topological polar surface area (TPSA) is 102 Å². The second kappa shape index (κ2) is 8.35. The lowest BCUT2D eigenvalue weighted by Crippen LogP contribution is -2.32. The Morgan fingerprint density at radius 1 is 0.906 bits per heavy atom. The highest BCUT2D eigenvalue weighted by Gasteiger charge is 2.41. The third-order valence-corrected chi connectivity index (χ3v) is 5.18. The molecule has 8 nitrogen and oxygen atoms in total. The number of aryl methyl sites for hydroxylation is 1. The first-order chi connectivity index (χ1) is 15.4. The summed E-state index contributed by atoms with van der Waals surface area (Å²) in [6, 6.07) is 19.6. The fourth-order valence-corrected chi connectivity index (χ4v) is 3.54. The van der Waals surface area contributed by atoms with Crippen molar-refractivity contribution in [3.05, 3.63) is 99.7 Å². The second-order valence-electron chi connectivity index (χ2n) is 7.11. The summed E-state index contributed by atoms with van der Waals surface area (Å²) >= 11 is 0. The lowest BCUT2D eigenvalue weighted by Gasteiger charge is -2.18. The highest BCUT2D eigenvalue weighted by molar-refractivity contribution is 6.46. The van der Waals surface area contributed by atoms with Crippen molar-refractivity contribution in [1.29, 1.82) is 0 Å². The van der Waals surface area contributed by atoms with Crippen LogP contribution in [0.2, 0.25) is 0 Å². The Morgan fingerprint density at radius 2 is 1.56 bits per heavy atom. The van der Waals surface area contributed by atoms with Crippen LogP contribution in [0.25, 0.3) is 5.57 Å². The summed E-state index contributed by atoms with van der Waals surface area (Å²) in [6.07, 6.45) is 0. The minimum Gasteiger partial charge on any atom is -0.495 e. The maximum atomic E-state index is 13.5. The third kappa shape index (κ3) is 3.58. The highest BCUT2D eigenvalue weighted by atomic mass is 16.6. The van der Waals surface area contributed by atoms with Crippen molar-refractivity contribution in [2.75, 3.05) is 17.3 Å². The molecule has 0 aliphatic carbocycles. The van der Waals surface area contributed by atoms with E-state index in [1.807, 2.05) is 25.1 Å². The summed E-state index contributed by atoms with van der Waals surface area (Å²) in [4.78, 5) is 38.6. The predicted molar refractivity (Wildman–Crippen MR) is 120 cm³/mol. The Bertz CT molecular complexity index is 1260. The van der Waals surface area contributed by atoms with E-state index >= 15 is 0 Å². The molecule has 32 heavy (non-hydrogen) atoms. The molecule has 0 saturated carbocycles. The predicted octanol–water partition coefficient (Wildman–Crippen LogP) is 4.31. The van der Waals surface area contributed by atoms with Crippen LogP contribution in [0.5, 0.6) is 5.75 Å². The zero-order valence-corrected chi connectivity index (χ0v) is 17.4. The summed E-state index contributed by atoms with van der Waals surface area (Å²) in [6.45, 7) is 1.88. The molecule has 0 radical (unpaired) electrons. The monoisotopic (exact) mass is 429 g/mol. The normalized spacial score (nSPS) is 13.5. The van der Waals surface area contributed by atoms with E-state index in [0.717, 1.165) is 10.5 Å². The number of nitrogens with zero attached hydrogens (tertiary/aromatic N) is 2. The van der Waals surface area contributed by atoms with Crippen molar-refractivity contribution in [1.82, 2.24) is 0 Å². The summed E-state index contributed by atoms with van der Waals surface area (Å²) in [5.41, 5.74) is 2.36. The van der Waals surface area contributed by atoms with Gasteiger partial charge in [-0.3, -0.25) is 19.7 Å². The van der Waals surface area contributed by atoms with Crippen molar-refractivity contribution < 1.29 is 19.2 Å². The van der Waals surface area contributed by atoms with Crippen LogP contribution in [-0.4, -0.2) is 23.8 Å². The molecule has 0 spiro atoms. The molecule has 4 rings (SSSR count). The number of amides is 2. The van der Waals surface area contributed by atoms with Gasteiger partial charge in [-0.15, -0.1) is 0 Å². The van der Waals surface area contributed by atoms with E-state index in [9.17, 15) is 19.7 Å². The number of imide groups is 1. The minimum atomic E-state index is -0.551. The lowest BCUT2D eigenvalue weighted by molar-refractivity contribution is -0.384. The molecule has 1 heterocycles. The largest absolute Gasteiger partial charge is 0.495 e. The van der Waals surface area contributed by atoms with E-state index in [1.54, 1.807) is 30.3 Å². The average Bonchev–Trinajstić information content (AvgIpc) is 3.04. The molecule has 0 saturated heterocycles. The number of nitrogens with one attached hydrogen (secondary N) is 1. The van der Waals surface area contributed by atoms with Gasteiger partial charge in [0.2, 0.25) is 0 Å². The first-order valence-electron chi connectivity index (χ1n) is 9.76. The molecule has 0 fully saturated rings. The van der Waals surface area contributed by atoms with Crippen molar-refractivity contribution in [2.24, 2.45) is 0 Å². The number of para-hydroxylation sites is 3. The number of rotatable bonds is 6. The van der Waals surface area contributed by atoms with Gasteiger partial charge in [-0.2, -0.15) is 0 Å². The Morgan fingerprint density at radius 3 is 2.22 bits per heavy atom. The van der Waals surface area contributed by atoms with Gasteiger partial charge in [0.15, 0.2) is 0 Å². The molecule has 2 amide bonds. The smallest absolute Gasteiger partial charge is 0.282 e. The molecule has 0 atom stereocenters. The number of hydrogen-bond acceptors (Lipinski definition) is 6. The highest BCUT2D eigenvalue weighted by Crippen LogP contribution is 2.38. The Hall–Kier alpha value is -4.46. The van der Waals surface area contributed by atoms with Gasteiger partial charge in [-0.05, 0) is 48.4 Å². The van der Waals surface area contributed by atoms with Crippen molar-refractivity contribution in [3.8, 4) is 5.75 Å². The number of hydrogen-bond donors (Lipinski definition) is 1. The summed E-state index contributed by atoms with van der Waals surface area (Å²) in [5.74, 6) is -0.727. The van der Waals surface area contributed by atoms with Crippen LogP contribution in [0, 0.1) is 17.0 Å². The second-order valence-corrected chi connectivity index (χ2v) is 7.11. The molecule has 160 valence electrons. The number of nitro benzene ring substituents is 1. The van der Waals surface area contributed by atoms with Gasteiger partial charge in [0.25, 0.3) is 17.5 Å². The quantitative estimate of drug-likeness (QED) is 0.356. The number of anilines is 2. The van der Waals surface area contributed by atoms with E-state index in [-0.39, 0.29) is 17.0 Å². The first-order valence-corrected chi connectivity index (χ1v) is 9.76. The molecule has 1 aliphatic heterocycles. The zero-order chi connectivity index (χ0) is 22.8. The van der Waals surface area contributed by atoms with E-state index in [4.69, 9.17) is 4.74 Å². The molecular weight excluding hydrogens is 410 g/mol. The summed E-state index contributed by atoms with van der Waals surface area (Å²) in [5, 5.41) is 14.1. The molecule has 1 N–H and O–H groups in total. The lowest BCUT2D eigenvalue weighted by atomic mass is 10.0. The van der Waals surface area contributed by atoms with Gasteiger partial charge in [-0.25, -0.2) is 4.90 Å². The van der Waals surface area contributed by atoms with E-state index in [1.165, 1.54) is 31.4 Å². The summed E-state index contributed by atoms with van der Waals surface area (Å²) in [7, 11) is 1.46. The number of carbonyl (C=O) groups excluding carboxylic acids is 2. The molecule has 0 bridgehead atoms. The Balaban J connectivity index is 1.86. The van der Waals surface area contributed by atoms with Gasteiger partial charge >= 0.3 is 0 Å².